The molecule has 0 fully saturated rings. The number of esters is 2. The van der Waals surface area contributed by atoms with Gasteiger partial charge in [0.25, 0.3) is 0 Å². The standard InChI is InChI=1S/2C25H20ClN3O2.C2H6O/c2*1-2-31-25(30)22-21(17-9-5-3-6-10-17)23(18-11-7-4-8-12-18)28-29-24(22)27-20-15-13-19(26)14-16-20;1-2-3/h2*3-16H,2H2,1H3,(H,27,29);3H,2H2,1H3. The summed E-state index contributed by atoms with van der Waals surface area (Å²) in [5.41, 5.74) is 8.08. The average Bonchev–Trinajstić information content (AvgIpc) is 3.34. The van der Waals surface area contributed by atoms with Crippen molar-refractivity contribution in [3.8, 4) is 44.8 Å². The summed E-state index contributed by atoms with van der Waals surface area (Å²) < 4.78 is 10.8. The number of halogens is 2. The van der Waals surface area contributed by atoms with E-state index < -0.39 is 11.9 Å². The van der Waals surface area contributed by atoms with Crippen molar-refractivity contribution in [1.82, 2.24) is 20.4 Å². The van der Waals surface area contributed by atoms with Gasteiger partial charge in [-0.05, 0) is 80.4 Å². The highest BCUT2D eigenvalue weighted by Gasteiger charge is 2.27. The van der Waals surface area contributed by atoms with E-state index in [1.807, 2.05) is 146 Å². The second-order valence-electron chi connectivity index (χ2n) is 13.8. The number of rotatable bonds is 12. The third-order valence-electron chi connectivity index (χ3n) is 9.34. The van der Waals surface area contributed by atoms with Crippen LogP contribution in [0.4, 0.5) is 23.0 Å². The number of anilines is 4. The molecule has 13 heteroatoms. The summed E-state index contributed by atoms with van der Waals surface area (Å²) in [6.45, 7) is 5.98. The number of nitrogens with one attached hydrogen (secondary N) is 2. The Morgan fingerprint density at radius 1 is 0.462 bits per heavy atom. The molecule has 0 saturated carbocycles. The first-order chi connectivity index (χ1) is 31.8. The Balaban J connectivity index is 0.000000203. The average molecular weight is 906 g/mol. The largest absolute Gasteiger partial charge is 0.462 e. The number of aliphatic hydroxyl groups excluding tert-OH is 1. The number of carbonyl (C=O) groups excluding carboxylic acids is 2. The van der Waals surface area contributed by atoms with E-state index in [1.54, 1.807) is 45.0 Å². The summed E-state index contributed by atoms with van der Waals surface area (Å²) in [6.07, 6.45) is 0. The Bertz CT molecular complexity index is 2580. The fraction of sp³-hybridized carbons (Fsp3) is 0.115. The van der Waals surface area contributed by atoms with Gasteiger partial charge in [-0.3, -0.25) is 0 Å². The van der Waals surface area contributed by atoms with Crippen LogP contribution in [-0.4, -0.2) is 57.3 Å². The van der Waals surface area contributed by atoms with Crippen LogP contribution < -0.4 is 10.6 Å². The molecule has 0 spiro atoms. The van der Waals surface area contributed by atoms with E-state index >= 15 is 0 Å². The van der Waals surface area contributed by atoms with Gasteiger partial charge in [-0.25, -0.2) is 9.59 Å². The van der Waals surface area contributed by atoms with Crippen LogP contribution in [0.25, 0.3) is 44.8 Å². The van der Waals surface area contributed by atoms with Crippen LogP contribution in [0.1, 0.15) is 41.5 Å². The van der Waals surface area contributed by atoms with Crippen LogP contribution in [0.3, 0.4) is 0 Å². The highest BCUT2D eigenvalue weighted by Crippen LogP contribution is 2.39. The van der Waals surface area contributed by atoms with E-state index in [0.29, 0.717) is 55.3 Å². The van der Waals surface area contributed by atoms with Crippen molar-refractivity contribution in [2.24, 2.45) is 0 Å². The smallest absolute Gasteiger partial charge is 0.342 e. The van der Waals surface area contributed by atoms with Gasteiger partial charge in [0.1, 0.15) is 22.5 Å². The molecule has 328 valence electrons. The molecule has 0 aliphatic rings. The molecule has 2 heterocycles. The maximum absolute atomic E-state index is 13.1. The van der Waals surface area contributed by atoms with E-state index in [9.17, 15) is 9.59 Å². The summed E-state index contributed by atoms with van der Waals surface area (Å²) in [7, 11) is 0. The minimum Gasteiger partial charge on any atom is -0.462 e. The summed E-state index contributed by atoms with van der Waals surface area (Å²) in [6, 6.07) is 52.9. The van der Waals surface area contributed by atoms with Gasteiger partial charge in [0.05, 0.1) is 13.2 Å². The highest BCUT2D eigenvalue weighted by molar-refractivity contribution is 6.31. The summed E-state index contributed by atoms with van der Waals surface area (Å²) >= 11 is 12.0. The Labute approximate surface area is 388 Å². The van der Waals surface area contributed by atoms with E-state index in [2.05, 4.69) is 31.0 Å². The Hall–Kier alpha value is -7.44. The molecule has 0 radical (unpaired) electrons. The van der Waals surface area contributed by atoms with Gasteiger partial charge in [0.15, 0.2) is 11.6 Å². The number of ether oxygens (including phenoxy) is 2. The molecule has 6 aromatic carbocycles. The molecule has 0 bridgehead atoms. The fourth-order valence-corrected chi connectivity index (χ4v) is 6.81. The maximum atomic E-state index is 13.1. The van der Waals surface area contributed by atoms with Crippen LogP contribution in [0.5, 0.6) is 0 Å². The van der Waals surface area contributed by atoms with Gasteiger partial charge in [-0.2, -0.15) is 0 Å². The van der Waals surface area contributed by atoms with Crippen LogP contribution in [0.15, 0.2) is 170 Å². The first-order valence-electron chi connectivity index (χ1n) is 20.8. The Morgan fingerprint density at radius 2 is 0.754 bits per heavy atom. The van der Waals surface area contributed by atoms with Gasteiger partial charge in [0, 0.05) is 50.3 Å². The number of hydrogen-bond acceptors (Lipinski definition) is 11. The lowest BCUT2D eigenvalue weighted by Gasteiger charge is -2.17. The molecule has 0 aliphatic carbocycles. The highest BCUT2D eigenvalue weighted by atomic mass is 35.5. The zero-order valence-corrected chi connectivity index (χ0v) is 37.4. The summed E-state index contributed by atoms with van der Waals surface area (Å²) in [5.74, 6) is -0.298. The second kappa shape index (κ2) is 23.9. The predicted molar refractivity (Wildman–Crippen MR) is 260 cm³/mol. The van der Waals surface area contributed by atoms with Crippen LogP contribution >= 0.6 is 23.2 Å². The normalized spacial score (nSPS) is 10.3. The number of hydrogen-bond donors (Lipinski definition) is 3. The molecule has 0 saturated heterocycles. The quantitative estimate of drug-likeness (QED) is 0.101. The lowest BCUT2D eigenvalue weighted by Crippen LogP contribution is -2.13. The van der Waals surface area contributed by atoms with Crippen molar-refractivity contribution < 1.29 is 24.2 Å². The maximum Gasteiger partial charge on any atom is 0.342 e. The molecular formula is C52H46Cl2N6O5. The topological polar surface area (TPSA) is 148 Å². The molecule has 0 unspecified atom stereocenters. The van der Waals surface area contributed by atoms with Gasteiger partial charge in [0.2, 0.25) is 0 Å². The lowest BCUT2D eigenvalue weighted by atomic mass is 9.95. The third kappa shape index (κ3) is 12.4. The molecular weight excluding hydrogens is 860 g/mol. The van der Waals surface area contributed by atoms with Crippen molar-refractivity contribution in [2.45, 2.75) is 20.8 Å². The third-order valence-corrected chi connectivity index (χ3v) is 9.84. The fourth-order valence-electron chi connectivity index (χ4n) is 6.56. The van der Waals surface area contributed by atoms with Crippen molar-refractivity contribution in [2.75, 3.05) is 30.5 Å². The van der Waals surface area contributed by atoms with E-state index in [4.69, 9.17) is 37.8 Å². The molecule has 0 aliphatic heterocycles. The lowest BCUT2D eigenvalue weighted by molar-refractivity contribution is 0.0518. The number of carbonyl (C=O) groups is 2. The number of aromatic nitrogens is 4. The Kier molecular flexibility index (Phi) is 17.3. The number of benzene rings is 6. The van der Waals surface area contributed by atoms with E-state index in [-0.39, 0.29) is 19.8 Å². The van der Waals surface area contributed by atoms with E-state index in [1.165, 1.54) is 0 Å². The first-order valence-corrected chi connectivity index (χ1v) is 21.5. The molecule has 0 atom stereocenters. The van der Waals surface area contributed by atoms with Crippen LogP contribution in [-0.2, 0) is 9.47 Å². The number of nitrogens with zero attached hydrogens (tertiary/aromatic N) is 4. The zero-order valence-electron chi connectivity index (χ0n) is 35.9. The van der Waals surface area contributed by atoms with Gasteiger partial charge < -0.3 is 25.2 Å². The molecule has 11 nitrogen and oxygen atoms in total. The van der Waals surface area contributed by atoms with Gasteiger partial charge >= 0.3 is 11.9 Å². The molecule has 65 heavy (non-hydrogen) atoms. The predicted octanol–water partition coefficient (Wildman–Crippen LogP) is 12.8. The van der Waals surface area contributed by atoms with Crippen LogP contribution in [0.2, 0.25) is 10.0 Å². The van der Waals surface area contributed by atoms with Crippen molar-refractivity contribution in [1.29, 1.82) is 0 Å². The molecule has 0 amide bonds. The summed E-state index contributed by atoms with van der Waals surface area (Å²) in [4.78, 5) is 26.3. The van der Waals surface area contributed by atoms with E-state index in [0.717, 1.165) is 33.6 Å². The van der Waals surface area contributed by atoms with Crippen LogP contribution in [0, 0.1) is 0 Å². The van der Waals surface area contributed by atoms with Crippen molar-refractivity contribution in [3.63, 3.8) is 0 Å². The second-order valence-corrected chi connectivity index (χ2v) is 14.7. The Morgan fingerprint density at radius 3 is 1.05 bits per heavy atom. The minimum atomic E-state index is -0.468. The monoisotopic (exact) mass is 904 g/mol. The first kappa shape index (κ1) is 47.0. The van der Waals surface area contributed by atoms with Crippen molar-refractivity contribution in [3.05, 3.63) is 191 Å². The molecule has 8 aromatic rings. The zero-order chi connectivity index (χ0) is 46.0. The molecule has 2 aromatic heterocycles. The SMILES string of the molecule is CCO.CCOC(=O)c1c(Nc2ccc(Cl)cc2)nnc(-c2ccccc2)c1-c1ccccc1.CCOC(=O)c1c(Nc2ccc(Cl)cc2)nnc(-c2ccccc2)c1-c1ccccc1. The summed E-state index contributed by atoms with van der Waals surface area (Å²) in [5, 5.41) is 32.9. The number of aliphatic hydroxyl groups is 1. The molecule has 3 N–H and O–H groups in total. The van der Waals surface area contributed by atoms with Gasteiger partial charge in [-0.15, -0.1) is 20.4 Å². The van der Waals surface area contributed by atoms with Gasteiger partial charge in [-0.1, -0.05) is 145 Å². The van der Waals surface area contributed by atoms with Crippen molar-refractivity contribution >= 4 is 58.2 Å². The minimum absolute atomic E-state index is 0.246. The molecule has 8 rings (SSSR count).